The zero-order valence-corrected chi connectivity index (χ0v) is 18.0. The molecule has 11 heteroatoms. The van der Waals surface area contributed by atoms with Crippen LogP contribution in [0.5, 0.6) is 0 Å². The first-order chi connectivity index (χ1) is 15.8. The highest BCUT2D eigenvalue weighted by molar-refractivity contribution is 5.76. The Morgan fingerprint density at radius 1 is 1.09 bits per heavy atom. The van der Waals surface area contributed by atoms with Gasteiger partial charge < -0.3 is 19.5 Å². The zero-order chi connectivity index (χ0) is 22.8. The highest BCUT2D eigenvalue weighted by Crippen LogP contribution is 2.55. The van der Waals surface area contributed by atoms with E-state index >= 15 is 0 Å². The fraction of sp³-hybridized carbons (Fsp3) is 0.636. The van der Waals surface area contributed by atoms with Crippen LogP contribution >= 0.6 is 0 Å². The van der Waals surface area contributed by atoms with Crippen LogP contribution in [0.3, 0.4) is 0 Å². The standard InChI is InChI=1S/C22H25F3N6O2/c23-22(24,25)17-4-1-13(7-26-17)10-33-16-8-30(9-16)20(32)31-11-21(12-31)5-15(6-21)19-27-18(28-29-19)14-2-3-14/h1,4,7,14-16H,2-3,5-6,8-12H2,(H,27,28,29). The number of rotatable bonds is 5. The van der Waals surface area contributed by atoms with Gasteiger partial charge in [-0.3, -0.25) is 4.98 Å². The van der Waals surface area contributed by atoms with E-state index in [2.05, 4.69) is 20.2 Å². The lowest BCUT2D eigenvalue weighted by Crippen LogP contribution is -2.68. The topological polar surface area (TPSA) is 87.2 Å². The number of H-pyrrole nitrogens is 1. The Kier molecular flexibility index (Phi) is 4.69. The largest absolute Gasteiger partial charge is 0.433 e. The molecule has 4 heterocycles. The van der Waals surface area contributed by atoms with Crippen molar-refractivity contribution >= 4 is 6.03 Å². The summed E-state index contributed by atoms with van der Waals surface area (Å²) in [5.74, 6) is 3.02. The molecule has 2 saturated carbocycles. The molecule has 0 radical (unpaired) electrons. The molecule has 2 amide bonds. The van der Waals surface area contributed by atoms with Gasteiger partial charge in [-0.1, -0.05) is 6.07 Å². The molecule has 0 bridgehead atoms. The van der Waals surface area contributed by atoms with E-state index in [1.165, 1.54) is 25.1 Å². The van der Waals surface area contributed by atoms with Crippen LogP contribution in [0.15, 0.2) is 18.3 Å². The normalized spacial score (nSPS) is 22.8. The number of carbonyl (C=O) groups excluding carboxylic acids is 1. The van der Waals surface area contributed by atoms with Gasteiger partial charge in [0.05, 0.1) is 25.8 Å². The highest BCUT2D eigenvalue weighted by Gasteiger charge is 2.56. The van der Waals surface area contributed by atoms with Crippen molar-refractivity contribution in [1.29, 1.82) is 0 Å². The number of carbonyl (C=O) groups is 1. The second-order valence-electron chi connectivity index (χ2n) is 10.0. The third kappa shape index (κ3) is 3.96. The van der Waals surface area contributed by atoms with Gasteiger partial charge >= 0.3 is 12.2 Å². The van der Waals surface area contributed by atoms with Crippen molar-refractivity contribution in [2.24, 2.45) is 5.41 Å². The number of ether oxygens (including phenoxy) is 1. The predicted octanol–water partition coefficient (Wildman–Crippen LogP) is 3.30. The minimum absolute atomic E-state index is 0.0378. The van der Waals surface area contributed by atoms with E-state index in [9.17, 15) is 18.0 Å². The summed E-state index contributed by atoms with van der Waals surface area (Å²) in [6.45, 7) is 2.74. The molecule has 1 N–H and O–H groups in total. The van der Waals surface area contributed by atoms with Crippen LogP contribution in [0.1, 0.15) is 60.4 Å². The molecule has 6 rings (SSSR count). The summed E-state index contributed by atoms with van der Waals surface area (Å²) in [5, 5.41) is 8.60. The number of hydrogen-bond acceptors (Lipinski definition) is 5. The number of alkyl halides is 3. The molecule has 33 heavy (non-hydrogen) atoms. The Balaban J connectivity index is 0.908. The van der Waals surface area contributed by atoms with Gasteiger partial charge in [0, 0.05) is 36.5 Å². The minimum Gasteiger partial charge on any atom is -0.370 e. The van der Waals surface area contributed by atoms with Crippen molar-refractivity contribution in [2.75, 3.05) is 26.2 Å². The summed E-state index contributed by atoms with van der Waals surface area (Å²) in [5.41, 5.74) is -0.114. The predicted molar refractivity (Wildman–Crippen MR) is 109 cm³/mol. The quantitative estimate of drug-likeness (QED) is 0.737. The first-order valence-electron chi connectivity index (χ1n) is 11.4. The Morgan fingerprint density at radius 3 is 2.39 bits per heavy atom. The van der Waals surface area contributed by atoms with E-state index in [1.54, 1.807) is 4.90 Å². The van der Waals surface area contributed by atoms with E-state index in [4.69, 9.17) is 4.74 Å². The summed E-state index contributed by atoms with van der Waals surface area (Å²) in [4.78, 5) is 23.2. The summed E-state index contributed by atoms with van der Waals surface area (Å²) in [6.07, 6.45) is 1.13. The maximum absolute atomic E-state index is 12.7. The lowest BCUT2D eigenvalue weighted by atomic mass is 9.57. The van der Waals surface area contributed by atoms with Crippen molar-refractivity contribution in [3.8, 4) is 0 Å². The number of aromatic nitrogens is 4. The number of urea groups is 1. The van der Waals surface area contributed by atoms with Gasteiger partial charge in [0.25, 0.3) is 0 Å². The van der Waals surface area contributed by atoms with Crippen LogP contribution in [0, 0.1) is 5.41 Å². The zero-order valence-electron chi connectivity index (χ0n) is 18.0. The van der Waals surface area contributed by atoms with E-state index in [0.29, 0.717) is 30.5 Å². The molecule has 4 fully saturated rings. The van der Waals surface area contributed by atoms with E-state index in [0.717, 1.165) is 43.6 Å². The summed E-state index contributed by atoms with van der Waals surface area (Å²) < 4.78 is 43.4. The van der Waals surface area contributed by atoms with Gasteiger partial charge in [0.2, 0.25) is 0 Å². The molecule has 2 aromatic heterocycles. The van der Waals surface area contributed by atoms with Gasteiger partial charge in [0.15, 0.2) is 0 Å². The van der Waals surface area contributed by atoms with Gasteiger partial charge in [-0.25, -0.2) is 4.79 Å². The molecule has 4 aliphatic rings. The third-order valence-corrected chi connectivity index (χ3v) is 7.27. The van der Waals surface area contributed by atoms with Crippen LogP contribution in [0.4, 0.5) is 18.0 Å². The second-order valence-corrected chi connectivity index (χ2v) is 10.0. The van der Waals surface area contributed by atoms with Crippen LogP contribution in [0.25, 0.3) is 0 Å². The van der Waals surface area contributed by atoms with E-state index in [-0.39, 0.29) is 24.2 Å². The number of amides is 2. The fourth-order valence-corrected chi connectivity index (χ4v) is 5.14. The lowest BCUT2D eigenvalue weighted by molar-refractivity contribution is -0.141. The first-order valence-corrected chi connectivity index (χ1v) is 11.4. The molecule has 2 aromatic rings. The molecule has 0 aromatic carbocycles. The van der Waals surface area contributed by atoms with Crippen molar-refractivity contribution in [3.63, 3.8) is 0 Å². The van der Waals surface area contributed by atoms with Gasteiger partial charge in [-0.05, 0) is 37.3 Å². The van der Waals surface area contributed by atoms with Gasteiger partial charge in [0.1, 0.15) is 17.3 Å². The molecule has 8 nitrogen and oxygen atoms in total. The van der Waals surface area contributed by atoms with Crippen LogP contribution in [0.2, 0.25) is 0 Å². The average molecular weight is 462 g/mol. The monoisotopic (exact) mass is 462 g/mol. The summed E-state index contributed by atoms with van der Waals surface area (Å²) in [6, 6.07) is 2.36. The van der Waals surface area contributed by atoms with Crippen molar-refractivity contribution < 1.29 is 22.7 Å². The van der Waals surface area contributed by atoms with E-state index < -0.39 is 11.9 Å². The first kappa shape index (κ1) is 20.9. The molecule has 2 aliphatic carbocycles. The fourth-order valence-electron chi connectivity index (χ4n) is 5.14. The van der Waals surface area contributed by atoms with Gasteiger partial charge in [-0.2, -0.15) is 13.2 Å². The number of hydrogen-bond donors (Lipinski definition) is 1. The van der Waals surface area contributed by atoms with Crippen LogP contribution in [-0.2, 0) is 17.5 Å². The number of nitrogens with one attached hydrogen (secondary N) is 1. The molecule has 2 aliphatic heterocycles. The SMILES string of the molecule is O=C(N1CC(OCc2ccc(C(F)(F)F)nc2)C1)N1CC2(CC(c3nnc(C4CC4)[nH]3)C2)C1. The number of halogens is 3. The molecular weight excluding hydrogens is 437 g/mol. The third-order valence-electron chi connectivity index (χ3n) is 7.27. The van der Waals surface area contributed by atoms with Crippen LogP contribution in [-0.4, -0.2) is 68.3 Å². The Hall–Kier alpha value is -2.69. The van der Waals surface area contributed by atoms with Crippen molar-refractivity contribution in [1.82, 2.24) is 30.0 Å². The number of aromatic amines is 1. The smallest absolute Gasteiger partial charge is 0.370 e. The van der Waals surface area contributed by atoms with Crippen LogP contribution < -0.4 is 0 Å². The van der Waals surface area contributed by atoms with E-state index in [1.807, 2.05) is 4.90 Å². The lowest BCUT2D eigenvalue weighted by Gasteiger charge is -2.59. The Morgan fingerprint density at radius 2 is 1.79 bits per heavy atom. The number of pyridine rings is 1. The van der Waals surface area contributed by atoms with Crippen molar-refractivity contribution in [2.45, 2.75) is 56.4 Å². The minimum atomic E-state index is -4.44. The molecule has 0 unspecified atom stereocenters. The summed E-state index contributed by atoms with van der Waals surface area (Å²) >= 11 is 0. The maximum atomic E-state index is 12.7. The Bertz CT molecular complexity index is 1030. The molecule has 0 atom stereocenters. The average Bonchev–Trinajstić information content (AvgIpc) is 3.42. The Labute approximate surface area is 188 Å². The summed E-state index contributed by atoms with van der Waals surface area (Å²) in [7, 11) is 0. The highest BCUT2D eigenvalue weighted by atomic mass is 19.4. The molecule has 176 valence electrons. The molecule has 1 spiro atoms. The molecular formula is C22H25F3N6O2. The second kappa shape index (κ2) is 7.41. The number of likely N-dealkylation sites (tertiary alicyclic amines) is 2. The number of nitrogens with zero attached hydrogens (tertiary/aromatic N) is 5. The van der Waals surface area contributed by atoms with Crippen molar-refractivity contribution in [3.05, 3.63) is 41.2 Å². The van der Waals surface area contributed by atoms with Gasteiger partial charge in [-0.15, -0.1) is 10.2 Å². The maximum Gasteiger partial charge on any atom is 0.433 e. The molecule has 2 saturated heterocycles.